The Hall–Kier alpha value is -2.40. The molecule has 3 N–H and O–H groups in total. The van der Waals surface area contributed by atoms with Gasteiger partial charge >= 0.3 is 5.97 Å². The SMILES string of the molecule is NC(=O)c1ccc(S(=O)(=O)N2CCN(C(=O)C3CC3C(=O)O)CC2)o1. The fourth-order valence-corrected chi connectivity index (χ4v) is 4.18. The molecule has 2 aliphatic rings. The molecule has 10 nitrogen and oxygen atoms in total. The molecule has 1 aliphatic carbocycles. The maximum absolute atomic E-state index is 12.5. The standard InChI is InChI=1S/C14H17N3O7S/c15-12(18)10-1-2-11(24-10)25(22,23)17-5-3-16(4-6-17)13(19)8-7-9(8)14(20)21/h1-2,8-9H,3-7H2,(H2,15,18)(H,20,21). The predicted octanol–water partition coefficient (Wildman–Crippen LogP) is -1.07. The molecule has 1 aromatic rings. The highest BCUT2D eigenvalue weighted by molar-refractivity contribution is 7.89. The molecule has 1 saturated carbocycles. The van der Waals surface area contributed by atoms with Crippen LogP contribution in [-0.2, 0) is 19.6 Å². The average molecular weight is 371 g/mol. The fourth-order valence-electron chi connectivity index (χ4n) is 2.84. The molecule has 2 unspecified atom stereocenters. The Labute approximate surface area is 143 Å². The largest absolute Gasteiger partial charge is 0.481 e. The summed E-state index contributed by atoms with van der Waals surface area (Å²) in [4.78, 5) is 35.5. The Morgan fingerprint density at radius 3 is 2.24 bits per heavy atom. The van der Waals surface area contributed by atoms with Crippen molar-refractivity contribution in [3.8, 4) is 0 Å². The quantitative estimate of drug-likeness (QED) is 0.669. The second kappa shape index (κ2) is 6.15. The van der Waals surface area contributed by atoms with Crippen molar-refractivity contribution >= 4 is 27.8 Å². The summed E-state index contributed by atoms with van der Waals surface area (Å²) in [5.41, 5.74) is 5.04. The zero-order valence-corrected chi connectivity index (χ0v) is 13.9. The molecule has 2 fully saturated rings. The number of carbonyl (C=O) groups is 3. The highest BCUT2D eigenvalue weighted by atomic mass is 32.2. The number of nitrogens with zero attached hydrogens (tertiary/aromatic N) is 2. The number of aliphatic carboxylic acids is 1. The van der Waals surface area contributed by atoms with Crippen molar-refractivity contribution in [1.82, 2.24) is 9.21 Å². The Morgan fingerprint density at radius 2 is 1.76 bits per heavy atom. The molecule has 0 aromatic carbocycles. The minimum atomic E-state index is -3.93. The number of piperazine rings is 1. The van der Waals surface area contributed by atoms with Crippen molar-refractivity contribution in [2.45, 2.75) is 11.5 Å². The number of carbonyl (C=O) groups excluding carboxylic acids is 2. The maximum atomic E-state index is 12.5. The first-order valence-corrected chi connectivity index (χ1v) is 9.07. The van der Waals surface area contributed by atoms with Gasteiger partial charge in [-0.2, -0.15) is 4.31 Å². The van der Waals surface area contributed by atoms with E-state index in [1.54, 1.807) is 0 Å². The van der Waals surface area contributed by atoms with Gasteiger partial charge in [0.2, 0.25) is 11.0 Å². The van der Waals surface area contributed by atoms with Crippen LogP contribution in [0.25, 0.3) is 0 Å². The molecule has 2 atom stereocenters. The number of carboxylic acids is 1. The van der Waals surface area contributed by atoms with Crippen LogP contribution in [-0.4, -0.2) is 66.7 Å². The maximum Gasteiger partial charge on any atom is 0.307 e. The van der Waals surface area contributed by atoms with Gasteiger partial charge in [-0.1, -0.05) is 0 Å². The molecule has 0 bridgehead atoms. The summed E-state index contributed by atoms with van der Waals surface area (Å²) in [5, 5.41) is 8.50. The number of amides is 2. The summed E-state index contributed by atoms with van der Waals surface area (Å²) in [7, 11) is -3.93. The Kier molecular flexibility index (Phi) is 4.29. The molecular weight excluding hydrogens is 354 g/mol. The monoisotopic (exact) mass is 371 g/mol. The van der Waals surface area contributed by atoms with Gasteiger partial charge in [0.25, 0.3) is 15.9 Å². The fraction of sp³-hybridized carbons (Fsp3) is 0.500. The molecule has 0 spiro atoms. The van der Waals surface area contributed by atoms with Gasteiger partial charge in [-0.05, 0) is 18.6 Å². The van der Waals surface area contributed by atoms with Crippen molar-refractivity contribution in [1.29, 1.82) is 0 Å². The first kappa shape index (κ1) is 17.4. The second-order valence-corrected chi connectivity index (χ2v) is 7.87. The molecule has 2 amide bonds. The first-order chi connectivity index (χ1) is 11.7. The lowest BCUT2D eigenvalue weighted by Crippen LogP contribution is -2.51. The zero-order valence-electron chi connectivity index (χ0n) is 13.1. The number of rotatable bonds is 5. The third-order valence-corrected chi connectivity index (χ3v) is 6.17. The summed E-state index contributed by atoms with van der Waals surface area (Å²) in [6.07, 6.45) is 0.328. The number of nitrogens with two attached hydrogens (primary N) is 1. The summed E-state index contributed by atoms with van der Waals surface area (Å²) < 4.78 is 31.1. The molecule has 2 heterocycles. The molecular formula is C14H17N3O7S. The second-order valence-electron chi connectivity index (χ2n) is 6.00. The van der Waals surface area contributed by atoms with Crippen molar-refractivity contribution < 1.29 is 32.3 Å². The van der Waals surface area contributed by atoms with Crippen LogP contribution in [0, 0.1) is 11.8 Å². The first-order valence-electron chi connectivity index (χ1n) is 7.63. The highest BCUT2D eigenvalue weighted by Gasteiger charge is 2.50. The zero-order chi connectivity index (χ0) is 18.4. The van der Waals surface area contributed by atoms with E-state index in [1.165, 1.54) is 11.0 Å². The minimum Gasteiger partial charge on any atom is -0.481 e. The van der Waals surface area contributed by atoms with Crippen molar-refractivity contribution in [2.75, 3.05) is 26.2 Å². The van der Waals surface area contributed by atoms with Crippen LogP contribution in [0.5, 0.6) is 0 Å². The van der Waals surface area contributed by atoms with E-state index in [1.807, 2.05) is 0 Å². The number of hydrogen-bond donors (Lipinski definition) is 2. The Bertz CT molecular complexity index is 823. The average Bonchev–Trinajstić information content (AvgIpc) is 3.21. The molecule has 1 aromatic heterocycles. The summed E-state index contributed by atoms with van der Waals surface area (Å²) in [6, 6.07) is 2.35. The van der Waals surface area contributed by atoms with Crippen LogP contribution in [0.2, 0.25) is 0 Å². The van der Waals surface area contributed by atoms with Crippen molar-refractivity contribution in [2.24, 2.45) is 17.6 Å². The van der Waals surface area contributed by atoms with Crippen LogP contribution >= 0.6 is 0 Å². The number of carboxylic acid groups (broad SMARTS) is 1. The highest BCUT2D eigenvalue weighted by Crippen LogP contribution is 2.40. The molecule has 25 heavy (non-hydrogen) atoms. The van der Waals surface area contributed by atoms with E-state index >= 15 is 0 Å². The van der Waals surface area contributed by atoms with E-state index in [0.717, 1.165) is 10.4 Å². The van der Waals surface area contributed by atoms with Gasteiger partial charge in [-0.25, -0.2) is 8.42 Å². The van der Waals surface area contributed by atoms with E-state index in [9.17, 15) is 22.8 Å². The van der Waals surface area contributed by atoms with E-state index in [0.29, 0.717) is 6.42 Å². The van der Waals surface area contributed by atoms with E-state index < -0.39 is 33.7 Å². The molecule has 1 saturated heterocycles. The molecule has 0 radical (unpaired) electrons. The van der Waals surface area contributed by atoms with E-state index in [2.05, 4.69) is 0 Å². The van der Waals surface area contributed by atoms with Gasteiger partial charge < -0.3 is 20.2 Å². The summed E-state index contributed by atoms with van der Waals surface area (Å²) >= 11 is 0. The van der Waals surface area contributed by atoms with Crippen LogP contribution in [0.1, 0.15) is 17.0 Å². The summed E-state index contributed by atoms with van der Waals surface area (Å²) in [6.45, 7) is 0.463. The third-order valence-electron chi connectivity index (χ3n) is 4.39. The normalized spacial score (nSPS) is 24.1. The van der Waals surface area contributed by atoms with Gasteiger partial charge in [0.05, 0.1) is 11.8 Å². The molecule has 1 aliphatic heterocycles. The number of primary amides is 1. The summed E-state index contributed by atoms with van der Waals surface area (Å²) in [5.74, 6) is -3.50. The van der Waals surface area contributed by atoms with Gasteiger partial charge in [-0.3, -0.25) is 14.4 Å². The van der Waals surface area contributed by atoms with Crippen molar-refractivity contribution in [3.63, 3.8) is 0 Å². The van der Waals surface area contributed by atoms with Gasteiger partial charge in [0, 0.05) is 26.2 Å². The predicted molar refractivity (Wildman–Crippen MR) is 81.8 cm³/mol. The van der Waals surface area contributed by atoms with Crippen LogP contribution in [0.15, 0.2) is 21.6 Å². The lowest BCUT2D eigenvalue weighted by Gasteiger charge is -2.33. The number of sulfonamides is 1. The smallest absolute Gasteiger partial charge is 0.307 e. The lowest BCUT2D eigenvalue weighted by molar-refractivity contribution is -0.142. The topological polar surface area (TPSA) is 151 Å². The number of furan rings is 1. The number of hydrogen-bond acceptors (Lipinski definition) is 6. The Morgan fingerprint density at radius 1 is 1.12 bits per heavy atom. The molecule has 136 valence electrons. The Balaban J connectivity index is 1.62. The van der Waals surface area contributed by atoms with Gasteiger partial charge in [-0.15, -0.1) is 0 Å². The van der Waals surface area contributed by atoms with E-state index in [-0.39, 0.29) is 42.9 Å². The van der Waals surface area contributed by atoms with E-state index in [4.69, 9.17) is 15.3 Å². The molecule has 11 heteroatoms. The third kappa shape index (κ3) is 3.24. The lowest BCUT2D eigenvalue weighted by atomic mass is 10.2. The van der Waals surface area contributed by atoms with Gasteiger partial charge in [0.1, 0.15) is 0 Å². The van der Waals surface area contributed by atoms with Gasteiger partial charge in [0.15, 0.2) is 5.76 Å². The van der Waals surface area contributed by atoms with Crippen molar-refractivity contribution in [3.05, 3.63) is 17.9 Å². The van der Waals surface area contributed by atoms with Crippen LogP contribution in [0.3, 0.4) is 0 Å². The van der Waals surface area contributed by atoms with Crippen LogP contribution < -0.4 is 5.73 Å². The minimum absolute atomic E-state index is 0.0607. The van der Waals surface area contributed by atoms with Crippen LogP contribution in [0.4, 0.5) is 0 Å². The molecule has 3 rings (SSSR count).